The molecule has 0 aromatic carbocycles. The lowest BCUT2D eigenvalue weighted by atomic mass is 10.1. The summed E-state index contributed by atoms with van der Waals surface area (Å²) in [5.41, 5.74) is 4.37. The van der Waals surface area contributed by atoms with E-state index in [1.54, 1.807) is 13.3 Å². The van der Waals surface area contributed by atoms with Crippen molar-refractivity contribution in [3.05, 3.63) is 42.4 Å². The Morgan fingerprint density at radius 3 is 2.77 bits per heavy atom. The second-order valence-corrected chi connectivity index (χ2v) is 8.02. The van der Waals surface area contributed by atoms with Gasteiger partial charge in [0.2, 0.25) is 5.88 Å². The molecular weight excluding hydrogens is 392 g/mol. The predicted molar refractivity (Wildman–Crippen MR) is 120 cm³/mol. The number of rotatable bonds is 5. The number of hydrogen-bond donors (Lipinski definition) is 2. The number of methoxy groups -OCH3 is 1. The van der Waals surface area contributed by atoms with E-state index in [0.29, 0.717) is 23.6 Å². The Bertz CT molecular complexity index is 1210. The molecule has 5 rings (SSSR count). The van der Waals surface area contributed by atoms with Gasteiger partial charge in [0.1, 0.15) is 5.52 Å². The van der Waals surface area contributed by atoms with Crippen molar-refractivity contribution in [3.8, 4) is 17.1 Å². The van der Waals surface area contributed by atoms with Gasteiger partial charge in [-0.25, -0.2) is 15.0 Å². The SMILES string of the molecule is COc1nc(C)ccc1-c1cc(Nc2cnc3ccn(C4CCN(C)CC4)c3n2)n[nH]1. The molecular formula is C22H26N8O. The summed E-state index contributed by atoms with van der Waals surface area (Å²) >= 11 is 0. The van der Waals surface area contributed by atoms with E-state index in [9.17, 15) is 0 Å². The predicted octanol–water partition coefficient (Wildman–Crippen LogP) is 3.54. The highest BCUT2D eigenvalue weighted by atomic mass is 16.5. The molecule has 2 N–H and O–H groups in total. The zero-order chi connectivity index (χ0) is 21.4. The van der Waals surface area contributed by atoms with Crippen molar-refractivity contribution in [3.63, 3.8) is 0 Å². The fourth-order valence-electron chi connectivity index (χ4n) is 4.09. The van der Waals surface area contributed by atoms with Crippen molar-refractivity contribution in [1.82, 2.24) is 34.6 Å². The molecule has 1 aliphatic heterocycles. The lowest BCUT2D eigenvalue weighted by molar-refractivity contribution is 0.223. The summed E-state index contributed by atoms with van der Waals surface area (Å²) in [4.78, 5) is 16.2. The summed E-state index contributed by atoms with van der Waals surface area (Å²) < 4.78 is 7.68. The Kier molecular flexibility index (Phi) is 5.03. The quantitative estimate of drug-likeness (QED) is 0.512. The summed E-state index contributed by atoms with van der Waals surface area (Å²) in [6, 6.07) is 8.32. The van der Waals surface area contributed by atoms with Crippen LogP contribution in [-0.4, -0.2) is 61.9 Å². The van der Waals surface area contributed by atoms with Crippen LogP contribution in [0.5, 0.6) is 5.88 Å². The summed E-state index contributed by atoms with van der Waals surface area (Å²) in [6.07, 6.45) is 6.08. The highest BCUT2D eigenvalue weighted by molar-refractivity contribution is 5.74. The highest BCUT2D eigenvalue weighted by Gasteiger charge is 2.20. The molecule has 9 nitrogen and oxygen atoms in total. The number of nitrogens with one attached hydrogen (secondary N) is 2. The van der Waals surface area contributed by atoms with Gasteiger partial charge in [0, 0.05) is 24.0 Å². The van der Waals surface area contributed by atoms with Gasteiger partial charge in [0.15, 0.2) is 17.3 Å². The number of likely N-dealkylation sites (tertiary alicyclic amines) is 1. The number of anilines is 2. The van der Waals surface area contributed by atoms with Crippen LogP contribution in [0, 0.1) is 6.92 Å². The van der Waals surface area contributed by atoms with Crippen LogP contribution in [0.1, 0.15) is 24.6 Å². The number of hydrogen-bond acceptors (Lipinski definition) is 7. The van der Waals surface area contributed by atoms with E-state index in [0.717, 1.165) is 54.0 Å². The second kappa shape index (κ2) is 7.99. The molecule has 0 radical (unpaired) electrons. The van der Waals surface area contributed by atoms with Gasteiger partial charge in [-0.15, -0.1) is 0 Å². The van der Waals surface area contributed by atoms with Crippen LogP contribution in [0.2, 0.25) is 0 Å². The molecule has 0 spiro atoms. The minimum Gasteiger partial charge on any atom is -0.480 e. The summed E-state index contributed by atoms with van der Waals surface area (Å²) in [5.74, 6) is 1.88. The standard InChI is InChI=1S/C22H26N8O/c1-14-4-5-16(22(24-14)31-3)18-12-19(28-27-18)25-20-13-23-17-8-11-30(21(17)26-20)15-6-9-29(2)10-7-15/h4-5,8,11-13,15H,6-7,9-10H2,1-3H3,(H2,25,26,27,28). The normalized spacial score (nSPS) is 15.5. The molecule has 0 amide bonds. The fraction of sp³-hybridized carbons (Fsp3) is 0.364. The maximum absolute atomic E-state index is 5.42. The maximum atomic E-state index is 5.42. The Morgan fingerprint density at radius 1 is 1.13 bits per heavy atom. The smallest absolute Gasteiger partial charge is 0.222 e. The van der Waals surface area contributed by atoms with E-state index < -0.39 is 0 Å². The van der Waals surface area contributed by atoms with Gasteiger partial charge in [-0.1, -0.05) is 0 Å². The first-order valence-corrected chi connectivity index (χ1v) is 10.5. The molecule has 0 unspecified atom stereocenters. The van der Waals surface area contributed by atoms with Crippen LogP contribution in [0.15, 0.2) is 36.7 Å². The first-order chi connectivity index (χ1) is 15.1. The monoisotopic (exact) mass is 418 g/mol. The van der Waals surface area contributed by atoms with Gasteiger partial charge in [0.05, 0.1) is 24.6 Å². The molecule has 1 saturated heterocycles. The van der Waals surface area contributed by atoms with Crippen molar-refractivity contribution in [2.75, 3.05) is 32.6 Å². The van der Waals surface area contributed by atoms with Crippen molar-refractivity contribution in [1.29, 1.82) is 0 Å². The third kappa shape index (κ3) is 3.84. The van der Waals surface area contributed by atoms with Crippen LogP contribution in [0.3, 0.4) is 0 Å². The molecule has 0 saturated carbocycles. The average molecular weight is 419 g/mol. The van der Waals surface area contributed by atoms with Gasteiger partial charge in [-0.05, 0) is 58.1 Å². The van der Waals surface area contributed by atoms with E-state index in [1.807, 2.05) is 31.2 Å². The van der Waals surface area contributed by atoms with Gasteiger partial charge in [-0.3, -0.25) is 5.10 Å². The number of aromatic nitrogens is 6. The number of H-pyrrole nitrogens is 1. The van der Waals surface area contributed by atoms with E-state index in [-0.39, 0.29) is 0 Å². The number of piperidine rings is 1. The molecule has 9 heteroatoms. The fourth-order valence-corrected chi connectivity index (χ4v) is 4.09. The molecule has 31 heavy (non-hydrogen) atoms. The Morgan fingerprint density at radius 2 is 1.97 bits per heavy atom. The van der Waals surface area contributed by atoms with Crippen LogP contribution in [0.4, 0.5) is 11.6 Å². The molecule has 5 heterocycles. The number of ether oxygens (including phenoxy) is 1. The van der Waals surface area contributed by atoms with Crippen molar-refractivity contribution < 1.29 is 4.74 Å². The topological polar surface area (TPSA) is 96.8 Å². The van der Waals surface area contributed by atoms with E-state index >= 15 is 0 Å². The zero-order valence-electron chi connectivity index (χ0n) is 18.0. The number of aromatic amines is 1. The van der Waals surface area contributed by atoms with Crippen molar-refractivity contribution in [2.24, 2.45) is 0 Å². The Balaban J connectivity index is 1.40. The molecule has 0 aliphatic carbocycles. The van der Waals surface area contributed by atoms with Crippen molar-refractivity contribution in [2.45, 2.75) is 25.8 Å². The first-order valence-electron chi connectivity index (χ1n) is 10.5. The molecule has 1 aliphatic rings. The third-order valence-electron chi connectivity index (χ3n) is 5.82. The molecule has 0 atom stereocenters. The first kappa shape index (κ1) is 19.5. The highest BCUT2D eigenvalue weighted by Crippen LogP contribution is 2.30. The molecule has 1 fully saturated rings. The van der Waals surface area contributed by atoms with Crippen LogP contribution >= 0.6 is 0 Å². The third-order valence-corrected chi connectivity index (χ3v) is 5.82. The zero-order valence-corrected chi connectivity index (χ0v) is 18.0. The van der Waals surface area contributed by atoms with Gasteiger partial charge in [-0.2, -0.15) is 5.10 Å². The molecule has 4 aromatic rings. The lowest BCUT2D eigenvalue weighted by Gasteiger charge is -2.30. The van der Waals surface area contributed by atoms with E-state index in [4.69, 9.17) is 9.72 Å². The van der Waals surface area contributed by atoms with Crippen LogP contribution < -0.4 is 10.1 Å². The molecule has 4 aromatic heterocycles. The minimum absolute atomic E-state index is 0.455. The molecule has 160 valence electrons. The number of nitrogens with zero attached hydrogens (tertiary/aromatic N) is 6. The average Bonchev–Trinajstić information content (AvgIpc) is 3.41. The van der Waals surface area contributed by atoms with Crippen LogP contribution in [-0.2, 0) is 0 Å². The lowest BCUT2D eigenvalue weighted by Crippen LogP contribution is -2.31. The number of fused-ring (bicyclic) bond motifs is 1. The number of pyridine rings is 1. The van der Waals surface area contributed by atoms with Gasteiger partial charge in [0.25, 0.3) is 0 Å². The Hall–Kier alpha value is -3.46. The molecule has 0 bridgehead atoms. The maximum Gasteiger partial charge on any atom is 0.222 e. The summed E-state index contributed by atoms with van der Waals surface area (Å²) in [7, 11) is 3.79. The van der Waals surface area contributed by atoms with Crippen molar-refractivity contribution >= 4 is 22.8 Å². The second-order valence-electron chi connectivity index (χ2n) is 8.02. The minimum atomic E-state index is 0.455. The van der Waals surface area contributed by atoms with E-state index in [2.05, 4.69) is 48.2 Å². The summed E-state index contributed by atoms with van der Waals surface area (Å²) in [6.45, 7) is 4.13. The summed E-state index contributed by atoms with van der Waals surface area (Å²) in [5, 5.41) is 10.7. The van der Waals surface area contributed by atoms with Gasteiger partial charge >= 0.3 is 0 Å². The largest absolute Gasteiger partial charge is 0.480 e. The van der Waals surface area contributed by atoms with Gasteiger partial charge < -0.3 is 19.5 Å². The van der Waals surface area contributed by atoms with Crippen LogP contribution in [0.25, 0.3) is 22.4 Å². The van der Waals surface area contributed by atoms with E-state index in [1.165, 1.54) is 0 Å². The number of aryl methyl sites for hydroxylation is 1. The Labute approximate surface area is 180 Å².